The monoisotopic (exact) mass is 523 g/mol. The largest absolute Gasteiger partial charge is 0.426 e. The van der Waals surface area contributed by atoms with Crippen molar-refractivity contribution >= 4 is 17.3 Å². The lowest BCUT2D eigenvalue weighted by Gasteiger charge is -2.35. The van der Waals surface area contributed by atoms with Gasteiger partial charge in [0.1, 0.15) is 5.75 Å². The van der Waals surface area contributed by atoms with Crippen molar-refractivity contribution in [1.82, 2.24) is 4.90 Å². The number of esters is 1. The van der Waals surface area contributed by atoms with E-state index in [-0.39, 0.29) is 5.97 Å². The van der Waals surface area contributed by atoms with Crippen molar-refractivity contribution in [2.24, 2.45) is 0 Å². The number of unbranched alkanes of at least 4 members (excludes halogenated alkanes) is 7. The van der Waals surface area contributed by atoms with Gasteiger partial charge in [0.15, 0.2) is 0 Å². The Morgan fingerprint density at radius 3 is 2.57 bits per heavy atom. The van der Waals surface area contributed by atoms with Gasteiger partial charge in [-0.1, -0.05) is 76.3 Å². The second kappa shape index (κ2) is 17.6. The number of hydrogen-bond donors (Lipinski definition) is 0. The van der Waals surface area contributed by atoms with Crippen LogP contribution in [0.3, 0.4) is 0 Å². The Morgan fingerprint density at radius 2 is 1.78 bits per heavy atom. The summed E-state index contributed by atoms with van der Waals surface area (Å²) in [6, 6.07) is 11.3. The molecule has 204 valence electrons. The average molecular weight is 524 g/mol. The number of allylic oxidation sites excluding steroid dienone is 2. The number of carbonyl (C=O) groups is 1. The molecule has 3 rings (SSSR count). The van der Waals surface area contributed by atoms with Crippen LogP contribution in [0.5, 0.6) is 5.75 Å². The van der Waals surface area contributed by atoms with Gasteiger partial charge in [0.25, 0.3) is 0 Å². The zero-order valence-electron chi connectivity index (χ0n) is 23.4. The average Bonchev–Trinajstić information content (AvgIpc) is 3.43. The molecule has 0 N–H and O–H groups in total. The van der Waals surface area contributed by atoms with E-state index < -0.39 is 0 Å². The van der Waals surface area contributed by atoms with Gasteiger partial charge in [-0.25, -0.2) is 0 Å². The van der Waals surface area contributed by atoms with Crippen LogP contribution in [0.4, 0.5) is 0 Å². The molecule has 1 aliphatic carbocycles. The molecule has 0 radical (unpaired) electrons. The van der Waals surface area contributed by atoms with E-state index in [1.165, 1.54) is 67.4 Å². The number of carbonyl (C=O) groups excluding carboxylic acids is 1. The lowest BCUT2D eigenvalue weighted by atomic mass is 9.86. The van der Waals surface area contributed by atoms with Crippen molar-refractivity contribution in [1.29, 1.82) is 0 Å². The first-order chi connectivity index (χ1) is 18.2. The first kappa shape index (κ1) is 29.6. The summed E-state index contributed by atoms with van der Waals surface area (Å²) in [5.74, 6) is 0.731. The van der Waals surface area contributed by atoms with E-state index in [1.807, 2.05) is 17.4 Å². The van der Waals surface area contributed by atoms with E-state index in [2.05, 4.69) is 60.5 Å². The van der Waals surface area contributed by atoms with E-state index >= 15 is 0 Å². The molecule has 0 spiro atoms. The summed E-state index contributed by atoms with van der Waals surface area (Å²) in [6.07, 6.45) is 21.4. The molecule has 1 unspecified atom stereocenters. The standard InChI is InChI=1S/C33H49NO2S/c1-3-5-6-7-8-9-10-11-12-13-14-20-33(35)36-32-19-15-17-28-27-29(21-22-31(28)32)34(24-4-2)25-23-30-18-16-26-37-30/h7-8,15-19,26,29H,3-6,9-14,20-25,27H2,1-2H3/b8-7+. The lowest BCUT2D eigenvalue weighted by molar-refractivity contribution is -0.134. The van der Waals surface area contributed by atoms with Gasteiger partial charge in [-0.05, 0) is 93.0 Å². The predicted molar refractivity (Wildman–Crippen MR) is 159 cm³/mol. The fourth-order valence-corrected chi connectivity index (χ4v) is 6.12. The normalized spacial score (nSPS) is 15.4. The van der Waals surface area contributed by atoms with Gasteiger partial charge in [0.2, 0.25) is 0 Å². The van der Waals surface area contributed by atoms with Gasteiger partial charge in [-0.2, -0.15) is 0 Å². The molecule has 0 saturated carbocycles. The maximum absolute atomic E-state index is 12.6. The molecule has 2 aromatic rings. The molecule has 0 fully saturated rings. The Labute approximate surface area is 230 Å². The molecule has 1 atom stereocenters. The van der Waals surface area contributed by atoms with E-state index in [0.29, 0.717) is 12.5 Å². The molecule has 37 heavy (non-hydrogen) atoms. The van der Waals surface area contributed by atoms with E-state index in [9.17, 15) is 4.79 Å². The Balaban J connectivity index is 1.39. The molecule has 3 nitrogen and oxygen atoms in total. The highest BCUT2D eigenvalue weighted by Gasteiger charge is 2.26. The van der Waals surface area contributed by atoms with Crippen molar-refractivity contribution in [3.8, 4) is 5.75 Å². The van der Waals surface area contributed by atoms with E-state index in [4.69, 9.17) is 4.74 Å². The minimum Gasteiger partial charge on any atom is -0.426 e. The highest BCUT2D eigenvalue weighted by Crippen LogP contribution is 2.32. The number of thiophene rings is 1. The van der Waals surface area contributed by atoms with Crippen LogP contribution in [0.25, 0.3) is 0 Å². The molecular weight excluding hydrogens is 474 g/mol. The fraction of sp³-hybridized carbons (Fsp3) is 0.606. The first-order valence-electron chi connectivity index (χ1n) is 14.9. The summed E-state index contributed by atoms with van der Waals surface area (Å²) in [4.78, 5) is 16.7. The molecule has 0 aliphatic heterocycles. The Kier molecular flexibility index (Phi) is 14.1. The van der Waals surface area contributed by atoms with E-state index in [0.717, 1.165) is 57.4 Å². The van der Waals surface area contributed by atoms with E-state index in [1.54, 1.807) is 0 Å². The molecular formula is C33H49NO2S. The second-order valence-corrected chi connectivity index (χ2v) is 11.6. The molecule has 0 saturated heterocycles. The summed E-state index contributed by atoms with van der Waals surface area (Å²) in [5.41, 5.74) is 2.62. The third kappa shape index (κ3) is 10.8. The van der Waals surface area contributed by atoms with Crippen LogP contribution in [0.1, 0.15) is 107 Å². The smallest absolute Gasteiger partial charge is 0.311 e. The van der Waals surface area contributed by atoms with Crippen LogP contribution >= 0.6 is 11.3 Å². The first-order valence-corrected chi connectivity index (χ1v) is 15.8. The van der Waals surface area contributed by atoms with Crippen molar-refractivity contribution in [2.45, 2.75) is 116 Å². The van der Waals surface area contributed by atoms with Gasteiger partial charge in [-0.3, -0.25) is 9.69 Å². The Hall–Kier alpha value is -1.91. The maximum atomic E-state index is 12.6. The number of ether oxygens (including phenoxy) is 1. The molecule has 1 heterocycles. The zero-order chi connectivity index (χ0) is 26.1. The lowest BCUT2D eigenvalue weighted by Crippen LogP contribution is -2.41. The number of fused-ring (bicyclic) bond motifs is 1. The summed E-state index contributed by atoms with van der Waals surface area (Å²) in [7, 11) is 0. The molecule has 1 aromatic heterocycles. The van der Waals surface area contributed by atoms with Crippen LogP contribution in [0.15, 0.2) is 47.9 Å². The highest BCUT2D eigenvalue weighted by atomic mass is 32.1. The van der Waals surface area contributed by atoms with Crippen LogP contribution in [-0.4, -0.2) is 30.0 Å². The minimum atomic E-state index is -0.0714. The third-order valence-corrected chi connectivity index (χ3v) is 8.47. The minimum absolute atomic E-state index is 0.0714. The predicted octanol–water partition coefficient (Wildman–Crippen LogP) is 8.94. The van der Waals surface area contributed by atoms with Crippen molar-refractivity contribution in [3.05, 3.63) is 63.9 Å². The molecule has 0 bridgehead atoms. The second-order valence-electron chi connectivity index (χ2n) is 10.5. The van der Waals surface area contributed by atoms with Crippen LogP contribution in [0, 0.1) is 0 Å². The van der Waals surface area contributed by atoms with Crippen molar-refractivity contribution in [3.63, 3.8) is 0 Å². The van der Waals surface area contributed by atoms with Gasteiger partial charge >= 0.3 is 5.97 Å². The van der Waals surface area contributed by atoms with Crippen molar-refractivity contribution in [2.75, 3.05) is 13.1 Å². The summed E-state index contributed by atoms with van der Waals surface area (Å²) in [6.45, 7) is 6.79. The summed E-state index contributed by atoms with van der Waals surface area (Å²) in [5, 5.41) is 2.17. The Morgan fingerprint density at radius 1 is 0.973 bits per heavy atom. The summed E-state index contributed by atoms with van der Waals surface area (Å²) < 4.78 is 5.88. The van der Waals surface area contributed by atoms with Gasteiger partial charge in [-0.15, -0.1) is 11.3 Å². The topological polar surface area (TPSA) is 29.5 Å². The third-order valence-electron chi connectivity index (χ3n) is 7.53. The SMILES string of the molecule is CCCC/C=C/CCCCCCCC(=O)Oc1cccc2c1CCC(N(CCC)CCc1cccs1)C2. The molecule has 1 aliphatic rings. The zero-order valence-corrected chi connectivity index (χ0v) is 24.2. The molecule has 0 amide bonds. The van der Waals surface area contributed by atoms with Crippen LogP contribution < -0.4 is 4.74 Å². The molecule has 4 heteroatoms. The van der Waals surface area contributed by atoms with Crippen molar-refractivity contribution < 1.29 is 9.53 Å². The number of benzene rings is 1. The van der Waals surface area contributed by atoms with Gasteiger partial charge < -0.3 is 4.74 Å². The Bertz CT molecular complexity index is 920. The highest BCUT2D eigenvalue weighted by molar-refractivity contribution is 7.09. The van der Waals surface area contributed by atoms with Crippen LogP contribution in [0.2, 0.25) is 0 Å². The van der Waals surface area contributed by atoms with Crippen LogP contribution in [-0.2, 0) is 24.1 Å². The summed E-state index contributed by atoms with van der Waals surface area (Å²) >= 11 is 1.86. The molecule has 1 aromatic carbocycles. The van der Waals surface area contributed by atoms with Gasteiger partial charge in [0, 0.05) is 23.9 Å². The number of nitrogens with zero attached hydrogens (tertiary/aromatic N) is 1. The number of hydrogen-bond acceptors (Lipinski definition) is 4. The van der Waals surface area contributed by atoms with Gasteiger partial charge in [0.05, 0.1) is 0 Å². The number of rotatable bonds is 18. The maximum Gasteiger partial charge on any atom is 0.311 e. The quantitative estimate of drug-likeness (QED) is 0.0845. The fourth-order valence-electron chi connectivity index (χ4n) is 5.43.